The minimum absolute atomic E-state index is 0.0412. The number of pyridine rings is 1. The number of aromatic nitrogens is 1. The summed E-state index contributed by atoms with van der Waals surface area (Å²) in [5.74, 6) is 0.0165. The van der Waals surface area contributed by atoms with Crippen LogP contribution < -0.4 is 10.1 Å². The summed E-state index contributed by atoms with van der Waals surface area (Å²) in [5, 5.41) is 12.7. The van der Waals surface area contributed by atoms with Gasteiger partial charge in [-0.25, -0.2) is 0 Å². The van der Waals surface area contributed by atoms with Crippen LogP contribution in [0.5, 0.6) is 5.75 Å². The second-order valence-corrected chi connectivity index (χ2v) is 7.31. The monoisotopic (exact) mass is 384 g/mol. The van der Waals surface area contributed by atoms with Crippen molar-refractivity contribution in [3.8, 4) is 5.75 Å². The van der Waals surface area contributed by atoms with E-state index < -0.39 is 12.0 Å². The molecule has 1 aliphatic heterocycles. The van der Waals surface area contributed by atoms with Gasteiger partial charge in [0.2, 0.25) is 0 Å². The Morgan fingerprint density at radius 3 is 2.75 bits per heavy atom. The average Bonchev–Trinajstić information content (AvgIpc) is 3.18. The van der Waals surface area contributed by atoms with Crippen LogP contribution in [-0.4, -0.2) is 34.8 Å². The molecule has 6 nitrogen and oxygen atoms in total. The average molecular weight is 384 g/mol. The molecular weight excluding hydrogens is 356 g/mol. The number of carboxylic acid groups (broad SMARTS) is 1. The van der Waals surface area contributed by atoms with Gasteiger partial charge in [0.1, 0.15) is 18.4 Å². The summed E-state index contributed by atoms with van der Waals surface area (Å²) in [6, 6.07) is 9.23. The van der Waals surface area contributed by atoms with E-state index in [2.05, 4.69) is 10.3 Å². The summed E-state index contributed by atoms with van der Waals surface area (Å²) in [7, 11) is 0. The molecule has 0 saturated carbocycles. The molecule has 3 rings (SSSR count). The smallest absolute Gasteiger partial charge is 0.320 e. The van der Waals surface area contributed by atoms with Crippen molar-refractivity contribution >= 4 is 5.97 Å². The highest BCUT2D eigenvalue weighted by molar-refractivity contribution is 5.73. The van der Waals surface area contributed by atoms with E-state index in [1.165, 1.54) is 0 Å². The molecule has 2 aromatic rings. The molecule has 2 heterocycles. The number of hydrogen-bond donors (Lipinski definition) is 2. The summed E-state index contributed by atoms with van der Waals surface area (Å²) < 4.78 is 11.5. The van der Waals surface area contributed by atoms with E-state index in [0.29, 0.717) is 19.6 Å². The van der Waals surface area contributed by atoms with Gasteiger partial charge in [-0.15, -0.1) is 0 Å². The molecule has 2 unspecified atom stereocenters. The van der Waals surface area contributed by atoms with Crippen LogP contribution >= 0.6 is 0 Å². The molecule has 0 amide bonds. The van der Waals surface area contributed by atoms with Gasteiger partial charge in [-0.2, -0.15) is 0 Å². The molecule has 1 saturated heterocycles. The second-order valence-electron chi connectivity index (χ2n) is 7.31. The predicted octanol–water partition coefficient (Wildman–Crippen LogP) is 3.39. The standard InChI is InChI=1S/C22H28N2O4/c1-15-10-17(13-24-20(22(25)26)12-19-7-5-9-27-19)11-16(2)21(15)28-14-18-6-3-4-8-23-18/h3-4,6,8,10-11,19-20,24H,5,7,9,12-14H2,1-2H3,(H,25,26). The van der Waals surface area contributed by atoms with E-state index in [1.54, 1.807) is 6.20 Å². The molecule has 0 aliphatic carbocycles. The highest BCUT2D eigenvalue weighted by atomic mass is 16.5. The van der Waals surface area contributed by atoms with E-state index in [0.717, 1.165) is 47.6 Å². The van der Waals surface area contributed by atoms with E-state index in [-0.39, 0.29) is 6.10 Å². The fraction of sp³-hybridized carbons (Fsp3) is 0.455. The van der Waals surface area contributed by atoms with Gasteiger partial charge in [0, 0.05) is 19.3 Å². The number of nitrogens with one attached hydrogen (secondary N) is 1. The summed E-state index contributed by atoms with van der Waals surface area (Å²) in [6.07, 6.45) is 4.24. The van der Waals surface area contributed by atoms with Crippen LogP contribution in [0.25, 0.3) is 0 Å². The van der Waals surface area contributed by atoms with Gasteiger partial charge in [-0.3, -0.25) is 9.78 Å². The quantitative estimate of drug-likeness (QED) is 0.690. The van der Waals surface area contributed by atoms with Crippen LogP contribution in [0.15, 0.2) is 36.5 Å². The first-order valence-electron chi connectivity index (χ1n) is 9.73. The van der Waals surface area contributed by atoms with Crippen LogP contribution in [0.3, 0.4) is 0 Å². The summed E-state index contributed by atoms with van der Waals surface area (Å²) >= 11 is 0. The summed E-state index contributed by atoms with van der Waals surface area (Å²) in [6.45, 7) is 5.65. The SMILES string of the molecule is Cc1cc(CNC(CC2CCCO2)C(=O)O)cc(C)c1OCc1ccccn1. The second kappa shape index (κ2) is 9.66. The molecule has 150 valence electrons. The van der Waals surface area contributed by atoms with Gasteiger partial charge in [-0.1, -0.05) is 18.2 Å². The minimum atomic E-state index is -0.834. The van der Waals surface area contributed by atoms with Gasteiger partial charge in [-0.05, 0) is 61.9 Å². The van der Waals surface area contributed by atoms with Crippen LogP contribution in [0, 0.1) is 13.8 Å². The Hall–Kier alpha value is -2.44. The molecule has 2 N–H and O–H groups in total. The molecule has 0 radical (unpaired) electrons. The topological polar surface area (TPSA) is 80.7 Å². The Morgan fingerprint density at radius 2 is 2.14 bits per heavy atom. The third-order valence-electron chi connectivity index (χ3n) is 4.98. The first-order chi connectivity index (χ1) is 13.5. The van der Waals surface area contributed by atoms with E-state index in [1.807, 2.05) is 44.2 Å². The van der Waals surface area contributed by atoms with Crippen molar-refractivity contribution < 1.29 is 19.4 Å². The maximum atomic E-state index is 11.6. The Morgan fingerprint density at radius 1 is 1.36 bits per heavy atom. The molecule has 1 fully saturated rings. The third kappa shape index (κ3) is 5.53. The largest absolute Gasteiger partial charge is 0.487 e. The zero-order valence-electron chi connectivity index (χ0n) is 16.5. The Bertz CT molecular complexity index is 765. The number of aliphatic carboxylic acids is 1. The Kier molecular flexibility index (Phi) is 7.01. The van der Waals surface area contributed by atoms with Gasteiger partial charge >= 0.3 is 5.97 Å². The van der Waals surface area contributed by atoms with Crippen molar-refractivity contribution in [1.29, 1.82) is 0 Å². The van der Waals surface area contributed by atoms with E-state index >= 15 is 0 Å². The van der Waals surface area contributed by atoms with Crippen molar-refractivity contribution in [1.82, 2.24) is 10.3 Å². The molecule has 1 aromatic heterocycles. The highest BCUT2D eigenvalue weighted by Gasteiger charge is 2.25. The lowest BCUT2D eigenvalue weighted by molar-refractivity contribution is -0.140. The van der Waals surface area contributed by atoms with E-state index in [9.17, 15) is 9.90 Å². The number of aryl methyl sites for hydroxylation is 2. The van der Waals surface area contributed by atoms with Crippen molar-refractivity contribution in [2.75, 3.05) is 6.61 Å². The molecule has 6 heteroatoms. The van der Waals surface area contributed by atoms with Gasteiger partial charge in [0.05, 0.1) is 11.8 Å². The number of rotatable bonds is 9. The van der Waals surface area contributed by atoms with Crippen LogP contribution in [-0.2, 0) is 22.7 Å². The number of benzene rings is 1. The number of carboxylic acids is 1. The van der Waals surface area contributed by atoms with Crippen LogP contribution in [0.1, 0.15) is 41.6 Å². The Balaban J connectivity index is 1.60. The minimum Gasteiger partial charge on any atom is -0.487 e. The zero-order chi connectivity index (χ0) is 19.9. The van der Waals surface area contributed by atoms with Crippen LogP contribution in [0.2, 0.25) is 0 Å². The first kappa shape index (κ1) is 20.3. The molecule has 1 aliphatic rings. The van der Waals surface area contributed by atoms with Crippen molar-refractivity contribution in [3.05, 3.63) is 58.9 Å². The number of carbonyl (C=O) groups is 1. The fourth-order valence-corrected chi connectivity index (χ4v) is 3.60. The Labute approximate surface area is 165 Å². The highest BCUT2D eigenvalue weighted by Crippen LogP contribution is 2.26. The molecule has 2 atom stereocenters. The van der Waals surface area contributed by atoms with Gasteiger partial charge in [0.15, 0.2) is 0 Å². The van der Waals surface area contributed by atoms with Gasteiger partial charge in [0.25, 0.3) is 0 Å². The van der Waals surface area contributed by atoms with Gasteiger partial charge < -0.3 is 19.9 Å². The number of ether oxygens (including phenoxy) is 2. The lowest BCUT2D eigenvalue weighted by Crippen LogP contribution is -2.39. The molecule has 1 aromatic carbocycles. The molecular formula is C22H28N2O4. The van der Waals surface area contributed by atoms with Crippen molar-refractivity contribution in [2.45, 2.75) is 58.4 Å². The molecule has 28 heavy (non-hydrogen) atoms. The lowest BCUT2D eigenvalue weighted by atomic mass is 10.0. The molecule has 0 spiro atoms. The van der Waals surface area contributed by atoms with Crippen molar-refractivity contribution in [3.63, 3.8) is 0 Å². The fourth-order valence-electron chi connectivity index (χ4n) is 3.60. The van der Waals surface area contributed by atoms with E-state index in [4.69, 9.17) is 9.47 Å². The summed E-state index contributed by atoms with van der Waals surface area (Å²) in [5.41, 5.74) is 3.97. The maximum Gasteiger partial charge on any atom is 0.320 e. The predicted molar refractivity (Wildman–Crippen MR) is 106 cm³/mol. The zero-order valence-corrected chi connectivity index (χ0v) is 16.5. The van der Waals surface area contributed by atoms with Crippen LogP contribution in [0.4, 0.5) is 0 Å². The van der Waals surface area contributed by atoms with Crippen molar-refractivity contribution in [2.24, 2.45) is 0 Å². The summed E-state index contributed by atoms with van der Waals surface area (Å²) in [4.78, 5) is 15.8. The lowest BCUT2D eigenvalue weighted by Gasteiger charge is -2.19. The molecule has 0 bridgehead atoms. The number of hydrogen-bond acceptors (Lipinski definition) is 5. The first-order valence-corrected chi connectivity index (χ1v) is 9.73. The number of nitrogens with zero attached hydrogens (tertiary/aromatic N) is 1. The maximum absolute atomic E-state index is 11.6. The normalized spacial score (nSPS) is 17.4. The third-order valence-corrected chi connectivity index (χ3v) is 4.98.